The van der Waals surface area contributed by atoms with Gasteiger partial charge in [-0.2, -0.15) is 0 Å². The number of aliphatic imine (C=N–C) groups is 1. The van der Waals surface area contributed by atoms with Crippen molar-refractivity contribution in [2.24, 2.45) is 10.9 Å². The van der Waals surface area contributed by atoms with Crippen molar-refractivity contribution in [2.75, 3.05) is 26.7 Å². The Bertz CT molecular complexity index is 796. The summed E-state index contributed by atoms with van der Waals surface area (Å²) in [7, 11) is 1.82. The zero-order valence-corrected chi connectivity index (χ0v) is 19.2. The number of halogens is 1. The molecule has 158 valence electrons. The molecule has 1 aromatic heterocycles. The molecule has 1 fully saturated rings. The maximum Gasteiger partial charge on any atom is 0.191 e. The maximum atomic E-state index is 6.30. The molecule has 2 aromatic rings. The van der Waals surface area contributed by atoms with Crippen LogP contribution in [0.1, 0.15) is 48.9 Å². The smallest absolute Gasteiger partial charge is 0.191 e. The number of piperidine rings is 1. The summed E-state index contributed by atoms with van der Waals surface area (Å²) in [4.78, 5) is 11.5. The van der Waals surface area contributed by atoms with Gasteiger partial charge in [0.05, 0.1) is 12.2 Å². The topological polar surface area (TPSA) is 52.6 Å². The van der Waals surface area contributed by atoms with E-state index in [4.69, 9.17) is 11.6 Å². The SMILES string of the molecule is CN=C(NCc1nc(C(C)C)cs1)NCC1CCN(Cc2ccccc2Cl)CC1. The minimum Gasteiger partial charge on any atom is -0.356 e. The van der Waals surface area contributed by atoms with Crippen LogP contribution < -0.4 is 10.6 Å². The molecule has 0 radical (unpaired) electrons. The maximum absolute atomic E-state index is 6.30. The van der Waals surface area contributed by atoms with E-state index in [9.17, 15) is 0 Å². The lowest BCUT2D eigenvalue weighted by atomic mass is 9.96. The van der Waals surface area contributed by atoms with E-state index in [1.54, 1.807) is 11.3 Å². The summed E-state index contributed by atoms with van der Waals surface area (Å²) in [5, 5.41) is 11.0. The largest absolute Gasteiger partial charge is 0.356 e. The first-order valence-corrected chi connectivity index (χ1v) is 11.7. The molecule has 1 saturated heterocycles. The minimum atomic E-state index is 0.473. The number of nitrogens with one attached hydrogen (secondary N) is 2. The molecule has 7 heteroatoms. The van der Waals surface area contributed by atoms with Crippen molar-refractivity contribution in [3.05, 3.63) is 50.9 Å². The third-order valence-electron chi connectivity index (χ3n) is 5.41. The van der Waals surface area contributed by atoms with Crippen molar-refractivity contribution >= 4 is 28.9 Å². The zero-order valence-electron chi connectivity index (χ0n) is 17.6. The van der Waals surface area contributed by atoms with Crippen molar-refractivity contribution in [3.8, 4) is 0 Å². The number of guanidine groups is 1. The lowest BCUT2D eigenvalue weighted by Crippen LogP contribution is -2.42. The molecule has 5 nitrogen and oxygen atoms in total. The third-order valence-corrected chi connectivity index (χ3v) is 6.64. The van der Waals surface area contributed by atoms with Crippen LogP contribution in [0.25, 0.3) is 0 Å². The Morgan fingerprint density at radius 2 is 2.03 bits per heavy atom. The molecule has 0 aliphatic carbocycles. The van der Waals surface area contributed by atoms with Crippen LogP contribution in [0.15, 0.2) is 34.6 Å². The van der Waals surface area contributed by atoms with Crippen LogP contribution in [-0.4, -0.2) is 42.5 Å². The molecule has 0 spiro atoms. The first-order chi connectivity index (χ1) is 14.0. The van der Waals surface area contributed by atoms with Crippen molar-refractivity contribution in [3.63, 3.8) is 0 Å². The van der Waals surface area contributed by atoms with E-state index in [2.05, 4.69) is 56.9 Å². The predicted molar refractivity (Wildman–Crippen MR) is 124 cm³/mol. The highest BCUT2D eigenvalue weighted by atomic mass is 35.5. The van der Waals surface area contributed by atoms with Gasteiger partial charge < -0.3 is 10.6 Å². The molecule has 2 heterocycles. The van der Waals surface area contributed by atoms with Gasteiger partial charge in [0.25, 0.3) is 0 Å². The fourth-order valence-electron chi connectivity index (χ4n) is 3.51. The number of hydrogen-bond acceptors (Lipinski definition) is 4. The van der Waals surface area contributed by atoms with Crippen LogP contribution in [0.2, 0.25) is 5.02 Å². The monoisotopic (exact) mass is 433 g/mol. The first kappa shape index (κ1) is 22.1. The molecular weight excluding hydrogens is 402 g/mol. The Hall–Kier alpha value is -1.63. The number of aromatic nitrogens is 1. The van der Waals surface area contributed by atoms with Crippen LogP contribution in [-0.2, 0) is 13.1 Å². The summed E-state index contributed by atoms with van der Waals surface area (Å²) in [5.41, 5.74) is 2.39. The highest BCUT2D eigenvalue weighted by molar-refractivity contribution is 7.09. The molecule has 0 unspecified atom stereocenters. The quantitative estimate of drug-likeness (QED) is 0.498. The normalized spacial score (nSPS) is 16.4. The molecule has 1 aliphatic rings. The molecule has 0 amide bonds. The number of likely N-dealkylation sites (tertiary alicyclic amines) is 1. The average Bonchev–Trinajstić information content (AvgIpc) is 3.20. The van der Waals surface area contributed by atoms with Gasteiger partial charge in [-0.05, 0) is 49.4 Å². The van der Waals surface area contributed by atoms with Gasteiger partial charge in [0, 0.05) is 30.5 Å². The highest BCUT2D eigenvalue weighted by Gasteiger charge is 2.20. The summed E-state index contributed by atoms with van der Waals surface area (Å²) in [6.07, 6.45) is 2.39. The van der Waals surface area contributed by atoms with Gasteiger partial charge in [0.1, 0.15) is 5.01 Å². The number of benzene rings is 1. The number of thiazole rings is 1. The Kier molecular flexibility index (Phi) is 8.33. The first-order valence-electron chi connectivity index (χ1n) is 10.4. The summed E-state index contributed by atoms with van der Waals surface area (Å²) in [6.45, 7) is 9.18. The lowest BCUT2D eigenvalue weighted by Gasteiger charge is -2.32. The molecule has 3 rings (SSSR count). The molecule has 0 bridgehead atoms. The Morgan fingerprint density at radius 3 is 2.69 bits per heavy atom. The highest BCUT2D eigenvalue weighted by Crippen LogP contribution is 2.22. The van der Waals surface area contributed by atoms with Crippen LogP contribution in [0.4, 0.5) is 0 Å². The van der Waals surface area contributed by atoms with E-state index in [0.717, 1.165) is 42.2 Å². The standard InChI is InChI=1S/C22H32ClN5S/c1-16(2)20-15-29-21(27-20)13-26-22(24-3)25-12-17-8-10-28(11-9-17)14-18-6-4-5-7-19(18)23/h4-7,15-17H,8-14H2,1-3H3,(H2,24,25,26). The van der Waals surface area contributed by atoms with E-state index in [1.807, 2.05) is 19.2 Å². The van der Waals surface area contributed by atoms with Crippen LogP contribution in [0.5, 0.6) is 0 Å². The molecule has 0 saturated carbocycles. The average molecular weight is 434 g/mol. The summed E-state index contributed by atoms with van der Waals surface area (Å²) in [5.74, 6) is 1.99. The van der Waals surface area contributed by atoms with Crippen LogP contribution >= 0.6 is 22.9 Å². The van der Waals surface area contributed by atoms with Crippen molar-refractivity contribution in [1.82, 2.24) is 20.5 Å². The summed E-state index contributed by atoms with van der Waals surface area (Å²) < 4.78 is 0. The molecule has 1 aliphatic heterocycles. The van der Waals surface area contributed by atoms with Gasteiger partial charge in [0.2, 0.25) is 0 Å². The third kappa shape index (κ3) is 6.69. The van der Waals surface area contributed by atoms with Gasteiger partial charge in [-0.3, -0.25) is 9.89 Å². The van der Waals surface area contributed by atoms with Crippen molar-refractivity contribution in [2.45, 2.75) is 45.7 Å². The summed E-state index contributed by atoms with van der Waals surface area (Å²) >= 11 is 8.01. The molecule has 29 heavy (non-hydrogen) atoms. The zero-order chi connectivity index (χ0) is 20.6. The van der Waals surface area contributed by atoms with Gasteiger partial charge in [0.15, 0.2) is 5.96 Å². The Morgan fingerprint density at radius 1 is 1.28 bits per heavy atom. The molecule has 1 aromatic carbocycles. The lowest BCUT2D eigenvalue weighted by molar-refractivity contribution is 0.178. The van der Waals surface area contributed by atoms with Crippen LogP contribution in [0, 0.1) is 5.92 Å². The predicted octanol–water partition coefficient (Wildman–Crippen LogP) is 4.50. The summed E-state index contributed by atoms with van der Waals surface area (Å²) in [6, 6.07) is 8.15. The van der Waals surface area contributed by atoms with Gasteiger partial charge >= 0.3 is 0 Å². The van der Waals surface area contributed by atoms with Gasteiger partial charge in [-0.1, -0.05) is 43.6 Å². The molecule has 0 atom stereocenters. The van der Waals surface area contributed by atoms with Crippen LogP contribution in [0.3, 0.4) is 0 Å². The molecule has 2 N–H and O–H groups in total. The fraction of sp³-hybridized carbons (Fsp3) is 0.545. The Labute approximate surface area is 183 Å². The Balaban J connectivity index is 1.37. The van der Waals surface area contributed by atoms with E-state index < -0.39 is 0 Å². The van der Waals surface area contributed by atoms with Crippen molar-refractivity contribution in [1.29, 1.82) is 0 Å². The second-order valence-electron chi connectivity index (χ2n) is 7.94. The van der Waals surface area contributed by atoms with Gasteiger partial charge in [-0.25, -0.2) is 4.98 Å². The number of nitrogens with zero attached hydrogens (tertiary/aromatic N) is 3. The van der Waals surface area contributed by atoms with E-state index in [1.165, 1.54) is 24.1 Å². The molecular formula is C22H32ClN5S. The van der Waals surface area contributed by atoms with Crippen molar-refractivity contribution < 1.29 is 0 Å². The van der Waals surface area contributed by atoms with E-state index in [-0.39, 0.29) is 0 Å². The minimum absolute atomic E-state index is 0.473. The van der Waals surface area contributed by atoms with Gasteiger partial charge in [-0.15, -0.1) is 11.3 Å². The van der Waals surface area contributed by atoms with E-state index in [0.29, 0.717) is 18.4 Å². The number of hydrogen-bond donors (Lipinski definition) is 2. The van der Waals surface area contributed by atoms with E-state index >= 15 is 0 Å². The second kappa shape index (κ2) is 11.0. The second-order valence-corrected chi connectivity index (χ2v) is 9.29. The number of rotatable bonds is 7. The fourth-order valence-corrected chi connectivity index (χ4v) is 4.60.